The molecule has 0 saturated heterocycles. The van der Waals surface area contributed by atoms with Crippen LogP contribution < -0.4 is 9.21 Å². The summed E-state index contributed by atoms with van der Waals surface area (Å²) in [5, 5.41) is 0.714. The number of fused-ring (bicyclic) bond motifs is 1. The standard InChI is InChI=1S/C24H34N2O10S2/c1-9-34-20(27)14-17-15-37(30,31)19-13-16(11-12-18(19)25(17)21(28)35-23(3,4)5)26(38(32,33)10-2)22(29)36-24(6,7)8/h11-13,15H,9-10,14H2,1-8H3. The molecule has 0 saturated carbocycles. The first-order chi connectivity index (χ1) is 17.2. The molecule has 1 aliphatic heterocycles. The van der Waals surface area contributed by atoms with Gasteiger partial charge in [-0.25, -0.2) is 31.3 Å². The average molecular weight is 575 g/mol. The van der Waals surface area contributed by atoms with Crippen molar-refractivity contribution in [2.75, 3.05) is 21.6 Å². The van der Waals surface area contributed by atoms with Gasteiger partial charge in [0.1, 0.15) is 11.2 Å². The fourth-order valence-corrected chi connectivity index (χ4v) is 5.67. The lowest BCUT2D eigenvalue weighted by Gasteiger charge is -2.33. The first-order valence-electron chi connectivity index (χ1n) is 11.8. The van der Waals surface area contributed by atoms with Gasteiger partial charge in [0.05, 0.1) is 46.2 Å². The van der Waals surface area contributed by atoms with Crippen LogP contribution in [0.15, 0.2) is 34.2 Å². The lowest BCUT2D eigenvalue weighted by atomic mass is 10.2. The summed E-state index contributed by atoms with van der Waals surface area (Å²) in [7, 11) is -8.58. The Hall–Kier alpha value is -3.13. The third kappa shape index (κ3) is 7.47. The van der Waals surface area contributed by atoms with E-state index in [-0.39, 0.29) is 23.7 Å². The number of nitrogens with zero attached hydrogens (tertiary/aromatic N) is 2. The topological polar surface area (TPSA) is 154 Å². The Labute approximate surface area is 223 Å². The Bertz CT molecular complexity index is 1350. The maximum absolute atomic E-state index is 13.3. The molecule has 1 aromatic rings. The number of benzene rings is 1. The van der Waals surface area contributed by atoms with Crippen LogP contribution in [0.4, 0.5) is 21.0 Å². The summed E-state index contributed by atoms with van der Waals surface area (Å²) in [6, 6.07) is 3.28. The zero-order valence-corrected chi connectivity index (χ0v) is 24.4. The minimum absolute atomic E-state index is 0.0393. The molecule has 0 spiro atoms. The number of rotatable bonds is 6. The number of carbonyl (C=O) groups excluding carboxylic acids is 3. The number of hydrogen-bond donors (Lipinski definition) is 0. The molecule has 0 aliphatic carbocycles. The van der Waals surface area contributed by atoms with E-state index in [0.717, 1.165) is 23.1 Å². The largest absolute Gasteiger partial charge is 0.466 e. The first kappa shape index (κ1) is 31.1. The number of esters is 1. The van der Waals surface area contributed by atoms with Gasteiger partial charge in [0.25, 0.3) is 0 Å². The molecule has 0 fully saturated rings. The van der Waals surface area contributed by atoms with Crippen LogP contribution in [-0.2, 0) is 38.9 Å². The Balaban J connectivity index is 2.76. The first-order valence-corrected chi connectivity index (χ1v) is 14.9. The monoisotopic (exact) mass is 574 g/mol. The van der Waals surface area contributed by atoms with E-state index in [0.29, 0.717) is 9.71 Å². The molecule has 0 aromatic heterocycles. The van der Waals surface area contributed by atoms with Gasteiger partial charge in [-0.3, -0.25) is 4.79 Å². The smallest absolute Gasteiger partial charge is 0.428 e. The van der Waals surface area contributed by atoms with E-state index in [1.54, 1.807) is 48.5 Å². The van der Waals surface area contributed by atoms with Gasteiger partial charge in [-0.05, 0) is 73.6 Å². The molecule has 2 rings (SSSR count). The molecule has 2 amide bonds. The minimum Gasteiger partial charge on any atom is -0.466 e. The highest BCUT2D eigenvalue weighted by atomic mass is 32.2. The van der Waals surface area contributed by atoms with Crippen LogP contribution in [0, 0.1) is 0 Å². The molecule has 0 radical (unpaired) electrons. The second kappa shape index (κ2) is 10.9. The molecule has 1 aliphatic rings. The van der Waals surface area contributed by atoms with E-state index >= 15 is 0 Å². The number of sulfone groups is 1. The predicted molar refractivity (Wildman–Crippen MR) is 140 cm³/mol. The van der Waals surface area contributed by atoms with Gasteiger partial charge >= 0.3 is 18.2 Å². The Morgan fingerprint density at radius 1 is 0.974 bits per heavy atom. The van der Waals surface area contributed by atoms with Gasteiger partial charge in [0, 0.05) is 0 Å². The number of sulfonamides is 1. The number of ether oxygens (including phenoxy) is 3. The highest BCUT2D eigenvalue weighted by Crippen LogP contribution is 2.40. The van der Waals surface area contributed by atoms with Crippen LogP contribution in [0.25, 0.3) is 0 Å². The van der Waals surface area contributed by atoms with E-state index < -0.39 is 66.3 Å². The molecule has 1 aromatic carbocycles. The van der Waals surface area contributed by atoms with Gasteiger partial charge in [-0.15, -0.1) is 0 Å². The molecule has 12 nitrogen and oxygen atoms in total. The Morgan fingerprint density at radius 3 is 2.05 bits per heavy atom. The zero-order valence-electron chi connectivity index (χ0n) is 22.7. The number of hydrogen-bond acceptors (Lipinski definition) is 10. The summed E-state index contributed by atoms with van der Waals surface area (Å²) in [4.78, 5) is 38.7. The van der Waals surface area contributed by atoms with Crippen molar-refractivity contribution in [3.63, 3.8) is 0 Å². The summed E-state index contributed by atoms with van der Waals surface area (Å²) in [5.41, 5.74) is -2.73. The van der Waals surface area contributed by atoms with E-state index in [9.17, 15) is 31.2 Å². The number of anilines is 2. The third-order valence-corrected chi connectivity index (χ3v) is 7.88. The average Bonchev–Trinajstić information content (AvgIpc) is 2.71. The molecular weight excluding hydrogens is 540 g/mol. The second-order valence-electron chi connectivity index (χ2n) is 10.2. The van der Waals surface area contributed by atoms with Crippen molar-refractivity contribution >= 4 is 49.4 Å². The van der Waals surface area contributed by atoms with Crippen molar-refractivity contribution in [3.05, 3.63) is 29.3 Å². The fraction of sp³-hybridized carbons (Fsp3) is 0.542. The molecule has 0 unspecified atom stereocenters. The van der Waals surface area contributed by atoms with Crippen LogP contribution in [0.5, 0.6) is 0 Å². The molecule has 14 heteroatoms. The number of amides is 2. The van der Waals surface area contributed by atoms with E-state index in [1.807, 2.05) is 0 Å². The van der Waals surface area contributed by atoms with Crippen LogP contribution in [0.1, 0.15) is 61.8 Å². The van der Waals surface area contributed by atoms with Crippen LogP contribution in [0.3, 0.4) is 0 Å². The SMILES string of the molecule is CCOC(=O)CC1=CS(=O)(=O)c2cc(N(C(=O)OC(C)(C)C)S(=O)(=O)CC)ccc2N1C(=O)OC(C)(C)C. The lowest BCUT2D eigenvalue weighted by Crippen LogP contribution is -2.42. The minimum atomic E-state index is -4.32. The van der Waals surface area contributed by atoms with Crippen LogP contribution in [0.2, 0.25) is 0 Å². The van der Waals surface area contributed by atoms with Crippen LogP contribution >= 0.6 is 0 Å². The van der Waals surface area contributed by atoms with Crippen LogP contribution in [-0.4, -0.2) is 58.6 Å². The maximum atomic E-state index is 13.3. The maximum Gasteiger partial charge on any atom is 0.428 e. The van der Waals surface area contributed by atoms with E-state index in [1.165, 1.54) is 6.92 Å². The van der Waals surface area contributed by atoms with Gasteiger partial charge in [0.2, 0.25) is 19.9 Å². The Morgan fingerprint density at radius 2 is 1.55 bits per heavy atom. The van der Waals surface area contributed by atoms with Crippen molar-refractivity contribution in [2.24, 2.45) is 0 Å². The van der Waals surface area contributed by atoms with Gasteiger partial charge in [-0.1, -0.05) is 0 Å². The second-order valence-corrected chi connectivity index (χ2v) is 14.1. The van der Waals surface area contributed by atoms with Crippen molar-refractivity contribution < 1.29 is 45.4 Å². The molecular formula is C24H34N2O10S2. The van der Waals surface area contributed by atoms with Gasteiger partial charge in [0.15, 0.2) is 0 Å². The van der Waals surface area contributed by atoms with E-state index in [4.69, 9.17) is 14.2 Å². The highest BCUT2D eigenvalue weighted by Gasteiger charge is 2.39. The summed E-state index contributed by atoms with van der Waals surface area (Å²) in [6.45, 7) is 12.4. The van der Waals surface area contributed by atoms with Crippen molar-refractivity contribution in [2.45, 2.75) is 77.9 Å². The molecule has 0 atom stereocenters. The van der Waals surface area contributed by atoms with Gasteiger partial charge in [-0.2, -0.15) is 4.31 Å². The molecule has 1 heterocycles. The quantitative estimate of drug-likeness (QED) is 0.358. The molecule has 0 bridgehead atoms. The molecule has 212 valence electrons. The Kier molecular flexibility index (Phi) is 8.94. The number of carbonyl (C=O) groups is 3. The van der Waals surface area contributed by atoms with Crippen molar-refractivity contribution in [1.29, 1.82) is 0 Å². The summed E-state index contributed by atoms with van der Waals surface area (Å²) in [6.07, 6.45) is -2.75. The fourth-order valence-electron chi connectivity index (χ4n) is 3.31. The summed E-state index contributed by atoms with van der Waals surface area (Å²) < 4.78 is 68.2. The molecule has 0 N–H and O–H groups in total. The highest BCUT2D eigenvalue weighted by molar-refractivity contribution is 7.94. The van der Waals surface area contributed by atoms with Crippen molar-refractivity contribution in [1.82, 2.24) is 0 Å². The zero-order chi connectivity index (χ0) is 29.3. The predicted octanol–water partition coefficient (Wildman–Crippen LogP) is 4.10. The lowest BCUT2D eigenvalue weighted by molar-refractivity contribution is -0.142. The summed E-state index contributed by atoms with van der Waals surface area (Å²) in [5.74, 6) is -1.25. The molecule has 38 heavy (non-hydrogen) atoms. The van der Waals surface area contributed by atoms with Gasteiger partial charge < -0.3 is 14.2 Å². The van der Waals surface area contributed by atoms with E-state index in [2.05, 4.69) is 0 Å². The third-order valence-electron chi connectivity index (χ3n) is 4.71. The summed E-state index contributed by atoms with van der Waals surface area (Å²) >= 11 is 0. The van der Waals surface area contributed by atoms with Crippen molar-refractivity contribution in [3.8, 4) is 0 Å². The normalized spacial score (nSPS) is 15.2.